The average Bonchev–Trinajstić information content (AvgIpc) is 3.33. The molecule has 2 unspecified atom stereocenters. The summed E-state index contributed by atoms with van der Waals surface area (Å²) in [5.41, 5.74) is 3.31. The van der Waals surface area contributed by atoms with Crippen LogP contribution in [0.2, 0.25) is 0 Å². The molecule has 0 bridgehead atoms. The quantitative estimate of drug-likeness (QED) is 0.372. The van der Waals surface area contributed by atoms with Gasteiger partial charge < -0.3 is 4.98 Å². The summed E-state index contributed by atoms with van der Waals surface area (Å²) < 4.78 is 15.7. The molecule has 9 heteroatoms. The summed E-state index contributed by atoms with van der Waals surface area (Å²) in [5, 5.41) is 17.3. The van der Waals surface area contributed by atoms with Crippen LogP contribution < -0.4 is 0 Å². The maximum atomic E-state index is 14.0. The first-order valence-electron chi connectivity index (χ1n) is 9.26. The Morgan fingerprint density at radius 1 is 1.24 bits per heavy atom. The van der Waals surface area contributed by atoms with Gasteiger partial charge in [0, 0.05) is 24.4 Å². The highest BCUT2D eigenvalue weighted by molar-refractivity contribution is 7.17. The molecule has 0 spiro atoms. The van der Waals surface area contributed by atoms with Crippen molar-refractivity contribution in [2.75, 3.05) is 0 Å². The Morgan fingerprint density at radius 2 is 2.07 bits per heavy atom. The molecule has 0 amide bonds. The van der Waals surface area contributed by atoms with Gasteiger partial charge in [0.2, 0.25) is 0 Å². The summed E-state index contributed by atoms with van der Waals surface area (Å²) in [6.07, 6.45) is 3.26. The highest BCUT2D eigenvalue weighted by Gasteiger charge is 2.12. The second-order valence-corrected chi connectivity index (χ2v) is 7.93. The van der Waals surface area contributed by atoms with Gasteiger partial charge in [-0.1, -0.05) is 17.3 Å². The lowest BCUT2D eigenvalue weighted by Crippen LogP contribution is -2.12. The van der Waals surface area contributed by atoms with Crippen molar-refractivity contribution in [2.45, 2.75) is 32.0 Å². The maximum absolute atomic E-state index is 14.0. The molecule has 0 aliphatic heterocycles. The van der Waals surface area contributed by atoms with E-state index in [4.69, 9.17) is 0 Å². The maximum Gasteiger partial charge on any atom is 0.181 e. The van der Waals surface area contributed by atoms with Crippen LogP contribution in [0.3, 0.4) is 0 Å². The van der Waals surface area contributed by atoms with Gasteiger partial charge in [0.15, 0.2) is 11.4 Å². The predicted octanol–water partition coefficient (Wildman–Crippen LogP) is 3.43. The summed E-state index contributed by atoms with van der Waals surface area (Å²) in [6, 6.07) is 10.5. The van der Waals surface area contributed by atoms with Crippen molar-refractivity contribution in [3.05, 3.63) is 59.8 Å². The molecular weight excluding hydrogens is 390 g/mol. The largest absolute Gasteiger partial charge is 0.338 e. The van der Waals surface area contributed by atoms with Gasteiger partial charge in [0.05, 0.1) is 17.6 Å². The Kier molecular flexibility index (Phi) is 5.45. The minimum Gasteiger partial charge on any atom is -0.338 e. The van der Waals surface area contributed by atoms with E-state index in [-0.39, 0.29) is 17.3 Å². The van der Waals surface area contributed by atoms with Crippen molar-refractivity contribution >= 4 is 26.1 Å². The molecule has 0 saturated carbocycles. The molecule has 0 aliphatic carbocycles. The van der Waals surface area contributed by atoms with Gasteiger partial charge in [0.1, 0.15) is 11.5 Å². The smallest absolute Gasteiger partial charge is 0.181 e. The molecule has 148 valence electrons. The fourth-order valence-corrected chi connectivity index (χ4v) is 3.52. The number of ketones is 1. The highest BCUT2D eigenvalue weighted by atomic mass is 31.0. The van der Waals surface area contributed by atoms with Crippen LogP contribution in [0.1, 0.15) is 29.5 Å². The van der Waals surface area contributed by atoms with Crippen molar-refractivity contribution in [1.29, 1.82) is 0 Å². The summed E-state index contributed by atoms with van der Waals surface area (Å²) in [4.78, 5) is 14.4. The van der Waals surface area contributed by atoms with Crippen LogP contribution in [0, 0.1) is 5.82 Å². The number of carbonyl (C=O) groups is 1. The van der Waals surface area contributed by atoms with Gasteiger partial charge in [-0.2, -0.15) is 5.10 Å². The summed E-state index contributed by atoms with van der Waals surface area (Å²) in [7, 11) is 2.80. The molecule has 0 saturated heterocycles. The number of hydrogen-bond acceptors (Lipinski definition) is 5. The molecular formula is C20H20FN6OP. The van der Waals surface area contributed by atoms with Gasteiger partial charge in [-0.05, 0) is 42.8 Å². The number of Topliss-reactive ketones (excluding diaryl/α,β-unsaturated/α-hetero) is 1. The third-order valence-corrected chi connectivity index (χ3v) is 5.23. The molecule has 1 N–H and O–H groups in total. The molecule has 0 aliphatic rings. The zero-order chi connectivity index (χ0) is 20.4. The second kappa shape index (κ2) is 8.17. The van der Waals surface area contributed by atoms with Crippen molar-refractivity contribution in [1.82, 2.24) is 30.2 Å². The molecule has 1 aromatic carbocycles. The van der Waals surface area contributed by atoms with Crippen LogP contribution in [0.25, 0.3) is 22.3 Å². The Morgan fingerprint density at radius 3 is 2.83 bits per heavy atom. The molecule has 4 rings (SSSR count). The standard InChI is InChI=1S/C20H20FN6OP/c1-12(28)19-11-27(26-24-19)10-15(29)7-6-14-8-13-9-18(22-20(13)25-23-14)16-4-2-3-5-17(16)21/h2-5,8-9,11,15H,6-7,10,29H2,1H3,(H,22,25). The SMILES string of the molecule is CC(=O)c1cn(CC(P)CCc2cc3cc(-c4ccccc4F)[nH]c3nn2)nn1. The minimum atomic E-state index is -0.279. The van der Waals surface area contributed by atoms with Crippen molar-refractivity contribution in [2.24, 2.45) is 0 Å². The van der Waals surface area contributed by atoms with E-state index in [0.717, 1.165) is 23.9 Å². The van der Waals surface area contributed by atoms with E-state index >= 15 is 0 Å². The number of halogens is 1. The Labute approximate surface area is 168 Å². The molecule has 0 radical (unpaired) electrons. The first kappa shape index (κ1) is 19.3. The van der Waals surface area contributed by atoms with E-state index in [1.807, 2.05) is 12.1 Å². The van der Waals surface area contributed by atoms with E-state index in [0.29, 0.717) is 29.1 Å². The number of benzene rings is 1. The summed E-state index contributed by atoms with van der Waals surface area (Å²) >= 11 is 0. The number of fused-ring (bicyclic) bond motifs is 1. The lowest BCUT2D eigenvalue weighted by atomic mass is 10.1. The number of carbonyl (C=O) groups excluding carboxylic acids is 1. The molecule has 7 nitrogen and oxygen atoms in total. The summed E-state index contributed by atoms with van der Waals surface area (Å²) in [5.74, 6) is -0.375. The number of nitrogens with one attached hydrogen (secondary N) is 1. The third-order valence-electron chi connectivity index (χ3n) is 4.68. The van der Waals surface area contributed by atoms with E-state index < -0.39 is 0 Å². The lowest BCUT2D eigenvalue weighted by Gasteiger charge is -2.10. The number of aryl methyl sites for hydroxylation is 1. The first-order valence-corrected chi connectivity index (χ1v) is 9.93. The van der Waals surface area contributed by atoms with Crippen LogP contribution in [0.5, 0.6) is 0 Å². The Balaban J connectivity index is 1.43. The predicted molar refractivity (Wildman–Crippen MR) is 111 cm³/mol. The monoisotopic (exact) mass is 410 g/mol. The summed E-state index contributed by atoms with van der Waals surface area (Å²) in [6.45, 7) is 2.11. The minimum absolute atomic E-state index is 0.0959. The van der Waals surface area contributed by atoms with Crippen LogP contribution in [-0.4, -0.2) is 41.6 Å². The zero-order valence-electron chi connectivity index (χ0n) is 15.8. The third kappa shape index (κ3) is 4.38. The van der Waals surface area contributed by atoms with Gasteiger partial charge in [-0.25, -0.2) is 4.39 Å². The van der Waals surface area contributed by atoms with Gasteiger partial charge >= 0.3 is 0 Å². The van der Waals surface area contributed by atoms with Crippen LogP contribution in [0.15, 0.2) is 42.6 Å². The first-order chi connectivity index (χ1) is 14.0. The molecule has 3 aromatic heterocycles. The van der Waals surface area contributed by atoms with Gasteiger partial charge in [-0.3, -0.25) is 9.48 Å². The number of nitrogens with zero attached hydrogens (tertiary/aromatic N) is 5. The van der Waals surface area contributed by atoms with E-state index in [1.54, 1.807) is 29.1 Å². The molecule has 0 fully saturated rings. The lowest BCUT2D eigenvalue weighted by molar-refractivity contribution is 0.101. The van der Waals surface area contributed by atoms with Crippen LogP contribution in [-0.2, 0) is 13.0 Å². The van der Waals surface area contributed by atoms with E-state index in [2.05, 4.69) is 34.7 Å². The zero-order valence-corrected chi connectivity index (χ0v) is 17.0. The number of aromatic nitrogens is 6. The van der Waals surface area contributed by atoms with Gasteiger partial charge in [-0.15, -0.1) is 19.4 Å². The number of hydrogen-bond donors (Lipinski definition) is 1. The van der Waals surface area contributed by atoms with E-state index in [1.165, 1.54) is 13.0 Å². The van der Waals surface area contributed by atoms with E-state index in [9.17, 15) is 9.18 Å². The highest BCUT2D eigenvalue weighted by Crippen LogP contribution is 2.25. The van der Waals surface area contributed by atoms with Crippen LogP contribution in [0.4, 0.5) is 4.39 Å². The average molecular weight is 410 g/mol. The van der Waals surface area contributed by atoms with Crippen LogP contribution >= 0.6 is 9.24 Å². The topological polar surface area (TPSA) is 89.4 Å². The molecule has 2 atom stereocenters. The molecule has 4 aromatic rings. The second-order valence-electron chi connectivity index (χ2n) is 6.98. The Hall–Kier alpha value is -2.99. The van der Waals surface area contributed by atoms with Crippen molar-refractivity contribution in [3.63, 3.8) is 0 Å². The fraction of sp³-hybridized carbons (Fsp3) is 0.250. The van der Waals surface area contributed by atoms with Crippen molar-refractivity contribution in [3.8, 4) is 11.3 Å². The van der Waals surface area contributed by atoms with Crippen molar-refractivity contribution < 1.29 is 9.18 Å². The fourth-order valence-electron chi connectivity index (χ4n) is 3.14. The normalized spacial score (nSPS) is 12.4. The molecule has 3 heterocycles. The number of rotatable bonds is 7. The molecule has 29 heavy (non-hydrogen) atoms. The number of aromatic amines is 1. The van der Waals surface area contributed by atoms with Gasteiger partial charge in [0.25, 0.3) is 0 Å². The number of H-pyrrole nitrogens is 1. The Bertz CT molecular complexity index is 1170.